The number of hydrogen-bond donors (Lipinski definition) is 4. The molecule has 0 aromatic heterocycles. The topological polar surface area (TPSA) is 131 Å². The number of ketones is 1. The fraction of sp³-hybridized carbons (Fsp3) is 0.609. The Morgan fingerprint density at radius 2 is 1.59 bits per heavy atom. The van der Waals surface area contributed by atoms with Crippen molar-refractivity contribution in [2.75, 3.05) is 12.4 Å². The van der Waals surface area contributed by atoms with E-state index in [1.807, 2.05) is 0 Å². The maximum atomic E-state index is 13.4. The van der Waals surface area contributed by atoms with Gasteiger partial charge in [0, 0.05) is 11.7 Å². The average molecular weight is 490 g/mol. The third kappa shape index (κ3) is 6.77. The van der Waals surface area contributed by atoms with Gasteiger partial charge in [-0.15, -0.1) is 0 Å². The van der Waals surface area contributed by atoms with E-state index in [0.717, 1.165) is 0 Å². The van der Waals surface area contributed by atoms with E-state index < -0.39 is 59.4 Å². The van der Waals surface area contributed by atoms with Crippen LogP contribution >= 0.6 is 0 Å². The molecule has 1 rings (SSSR count). The largest absolute Gasteiger partial charge is 0.465 e. The number of nitrogens with one attached hydrogen (secondary N) is 2. The molecular weight excluding hydrogens is 455 g/mol. The van der Waals surface area contributed by atoms with Gasteiger partial charge in [-0.3, -0.25) is 14.9 Å². The number of anilines is 1. The lowest BCUT2D eigenvalue weighted by Crippen LogP contribution is -2.70. The molecule has 5 N–H and O–H groups in total. The van der Waals surface area contributed by atoms with E-state index in [9.17, 15) is 32.7 Å². The van der Waals surface area contributed by atoms with Crippen LogP contribution < -0.4 is 16.4 Å². The minimum atomic E-state index is -4.98. The van der Waals surface area contributed by atoms with Crippen molar-refractivity contribution in [2.45, 2.75) is 70.9 Å². The van der Waals surface area contributed by atoms with Gasteiger partial charge in [0.2, 0.25) is 0 Å². The van der Waals surface area contributed by atoms with E-state index in [-0.39, 0.29) is 17.7 Å². The van der Waals surface area contributed by atoms with Crippen LogP contribution in [0.2, 0.25) is 0 Å². The van der Waals surface area contributed by atoms with Gasteiger partial charge in [0.15, 0.2) is 17.4 Å². The standard InChI is InChI=1S/C23H34F3N3O5/c1-7-22(18(30)16(27)12(2)3,29-17(13(4)5)19(31)23(24,25)26)21(33)28-15-10-8-14(9-11-15)20(32)34-6/h8-13,16-17,19,29,31H,7,27H2,1-6H3,(H,28,33)/t16-,17?,19?,22?/m0/s1. The van der Waals surface area contributed by atoms with Crippen molar-refractivity contribution in [1.29, 1.82) is 0 Å². The molecule has 1 aromatic carbocycles. The fourth-order valence-corrected chi connectivity index (χ4v) is 3.42. The molecule has 0 spiro atoms. The van der Waals surface area contributed by atoms with Gasteiger partial charge in [-0.2, -0.15) is 13.2 Å². The number of rotatable bonds is 11. The summed E-state index contributed by atoms with van der Waals surface area (Å²) in [6, 6.07) is 2.72. The predicted octanol–water partition coefficient (Wildman–Crippen LogP) is 2.65. The third-order valence-corrected chi connectivity index (χ3v) is 5.73. The van der Waals surface area contributed by atoms with Crippen molar-refractivity contribution >= 4 is 23.3 Å². The molecule has 1 aromatic rings. The highest BCUT2D eigenvalue weighted by molar-refractivity contribution is 6.17. The molecule has 34 heavy (non-hydrogen) atoms. The number of nitrogens with two attached hydrogens (primary N) is 1. The molecule has 8 nitrogen and oxygen atoms in total. The summed E-state index contributed by atoms with van der Waals surface area (Å²) < 4.78 is 44.7. The second-order valence-electron chi connectivity index (χ2n) is 8.82. The molecule has 0 bridgehead atoms. The second kappa shape index (κ2) is 11.8. The first-order valence-corrected chi connectivity index (χ1v) is 10.9. The summed E-state index contributed by atoms with van der Waals surface area (Å²) in [6.07, 6.45) is -8.04. The van der Waals surface area contributed by atoms with Crippen LogP contribution in [0.3, 0.4) is 0 Å². The smallest absolute Gasteiger partial charge is 0.415 e. The molecule has 11 heteroatoms. The molecule has 0 aliphatic rings. The maximum Gasteiger partial charge on any atom is 0.415 e. The van der Waals surface area contributed by atoms with Crippen LogP contribution in [0, 0.1) is 11.8 Å². The summed E-state index contributed by atoms with van der Waals surface area (Å²) >= 11 is 0. The third-order valence-electron chi connectivity index (χ3n) is 5.73. The number of hydrogen-bond acceptors (Lipinski definition) is 7. The Labute approximate surface area is 197 Å². The van der Waals surface area contributed by atoms with Gasteiger partial charge < -0.3 is 20.9 Å². The number of aliphatic hydroxyl groups is 1. The Kier molecular flexibility index (Phi) is 10.2. The van der Waals surface area contributed by atoms with Gasteiger partial charge in [0.1, 0.15) is 0 Å². The SMILES string of the molecule is CCC(NC(C(C)C)C(O)C(F)(F)F)(C(=O)Nc1ccc(C(=O)OC)cc1)C(=O)[C@@H](N)C(C)C. The van der Waals surface area contributed by atoms with Crippen LogP contribution in [0.4, 0.5) is 18.9 Å². The van der Waals surface area contributed by atoms with Crippen LogP contribution in [0.25, 0.3) is 0 Å². The van der Waals surface area contributed by atoms with Crippen molar-refractivity contribution in [3.8, 4) is 0 Å². The lowest BCUT2D eigenvalue weighted by Gasteiger charge is -2.40. The number of aliphatic hydroxyl groups excluding tert-OH is 1. The molecule has 0 aliphatic heterocycles. The molecule has 3 unspecified atom stereocenters. The number of Topliss-reactive ketones (excluding diaryl/α,β-unsaturated/α-hetero) is 1. The van der Waals surface area contributed by atoms with Gasteiger partial charge >= 0.3 is 12.1 Å². The lowest BCUT2D eigenvalue weighted by molar-refractivity contribution is -0.217. The normalized spacial score (nSPS) is 16.5. The maximum absolute atomic E-state index is 13.4. The summed E-state index contributed by atoms with van der Waals surface area (Å²) in [5.74, 6) is -3.52. The van der Waals surface area contributed by atoms with E-state index in [0.29, 0.717) is 0 Å². The highest BCUT2D eigenvalue weighted by Crippen LogP contribution is 2.29. The Morgan fingerprint density at radius 3 is 1.97 bits per heavy atom. The van der Waals surface area contributed by atoms with Gasteiger partial charge in [0.25, 0.3) is 5.91 Å². The summed E-state index contributed by atoms with van der Waals surface area (Å²) in [5, 5.41) is 15.0. The number of benzene rings is 1. The monoisotopic (exact) mass is 489 g/mol. The Balaban J connectivity index is 3.47. The fourth-order valence-electron chi connectivity index (χ4n) is 3.42. The highest BCUT2D eigenvalue weighted by Gasteiger charge is 2.52. The quantitative estimate of drug-likeness (QED) is 0.278. The number of ether oxygens (including phenoxy) is 1. The second-order valence-corrected chi connectivity index (χ2v) is 8.82. The first kappa shape index (κ1) is 29.5. The van der Waals surface area contributed by atoms with Gasteiger partial charge in [-0.05, 0) is 42.5 Å². The Bertz CT molecular complexity index is 858. The molecule has 0 aliphatic carbocycles. The number of carbonyl (C=O) groups is 3. The Hall–Kier alpha value is -2.50. The zero-order valence-electron chi connectivity index (χ0n) is 20.2. The van der Waals surface area contributed by atoms with Crippen molar-refractivity contribution < 1.29 is 37.4 Å². The highest BCUT2D eigenvalue weighted by atomic mass is 19.4. The lowest BCUT2D eigenvalue weighted by atomic mass is 9.80. The molecular formula is C23H34F3N3O5. The molecule has 4 atom stereocenters. The van der Waals surface area contributed by atoms with Crippen LogP contribution in [0.1, 0.15) is 51.4 Å². The molecule has 0 fully saturated rings. The average Bonchev–Trinajstić information content (AvgIpc) is 2.77. The zero-order valence-corrected chi connectivity index (χ0v) is 20.2. The van der Waals surface area contributed by atoms with E-state index in [1.165, 1.54) is 52.1 Å². The predicted molar refractivity (Wildman–Crippen MR) is 121 cm³/mol. The first-order valence-electron chi connectivity index (χ1n) is 10.9. The van der Waals surface area contributed by atoms with Crippen molar-refractivity contribution in [2.24, 2.45) is 17.6 Å². The Morgan fingerprint density at radius 1 is 1.06 bits per heavy atom. The van der Waals surface area contributed by atoms with Gasteiger partial charge in [-0.1, -0.05) is 34.6 Å². The summed E-state index contributed by atoms with van der Waals surface area (Å²) in [4.78, 5) is 38.5. The molecule has 192 valence electrons. The van der Waals surface area contributed by atoms with Gasteiger partial charge in [0.05, 0.1) is 18.7 Å². The van der Waals surface area contributed by atoms with Crippen molar-refractivity contribution in [1.82, 2.24) is 5.32 Å². The number of halogens is 3. The summed E-state index contributed by atoms with van der Waals surface area (Å²) in [6.45, 7) is 7.63. The number of alkyl halides is 3. The minimum absolute atomic E-state index is 0.195. The van der Waals surface area contributed by atoms with Crippen LogP contribution in [0.15, 0.2) is 24.3 Å². The zero-order chi connectivity index (χ0) is 26.4. The van der Waals surface area contributed by atoms with Crippen LogP contribution in [-0.4, -0.2) is 59.8 Å². The number of esters is 1. The van der Waals surface area contributed by atoms with E-state index in [2.05, 4.69) is 15.4 Å². The number of amides is 1. The number of carbonyl (C=O) groups excluding carboxylic acids is 3. The molecule has 0 saturated carbocycles. The van der Waals surface area contributed by atoms with Gasteiger partial charge in [-0.25, -0.2) is 4.79 Å². The van der Waals surface area contributed by atoms with Crippen LogP contribution in [-0.2, 0) is 14.3 Å². The van der Waals surface area contributed by atoms with Crippen molar-refractivity contribution in [3.63, 3.8) is 0 Å². The van der Waals surface area contributed by atoms with Crippen molar-refractivity contribution in [3.05, 3.63) is 29.8 Å². The molecule has 0 heterocycles. The summed E-state index contributed by atoms with van der Waals surface area (Å²) in [7, 11) is 1.21. The summed E-state index contributed by atoms with van der Waals surface area (Å²) in [5.41, 5.74) is 4.28. The van der Waals surface area contributed by atoms with E-state index >= 15 is 0 Å². The van der Waals surface area contributed by atoms with E-state index in [4.69, 9.17) is 5.73 Å². The first-order chi connectivity index (χ1) is 15.6. The molecule has 0 saturated heterocycles. The molecule has 0 radical (unpaired) electrons. The minimum Gasteiger partial charge on any atom is -0.465 e. The number of methoxy groups -OCH3 is 1. The van der Waals surface area contributed by atoms with Crippen LogP contribution in [0.5, 0.6) is 0 Å². The molecule has 1 amide bonds. The van der Waals surface area contributed by atoms with E-state index in [1.54, 1.807) is 13.8 Å².